The van der Waals surface area contributed by atoms with Gasteiger partial charge in [-0.3, -0.25) is 0 Å². The Balaban J connectivity index is 1.80. The number of thiazole rings is 1. The van der Waals surface area contributed by atoms with E-state index in [1.165, 1.54) is 17.7 Å². The zero-order valence-corrected chi connectivity index (χ0v) is 13.1. The third kappa shape index (κ3) is 3.16. The van der Waals surface area contributed by atoms with E-state index in [2.05, 4.69) is 26.2 Å². The third-order valence-corrected chi connectivity index (χ3v) is 4.82. The van der Waals surface area contributed by atoms with Crippen LogP contribution < -0.4 is 10.1 Å². The smallest absolute Gasteiger partial charge is 0.124 e. The van der Waals surface area contributed by atoms with Crippen molar-refractivity contribution in [3.63, 3.8) is 0 Å². The lowest BCUT2D eigenvalue weighted by atomic mass is 10.2. The molecule has 1 aromatic heterocycles. The van der Waals surface area contributed by atoms with E-state index in [9.17, 15) is 0 Å². The number of rotatable bonds is 5. The van der Waals surface area contributed by atoms with Crippen LogP contribution in [-0.4, -0.2) is 18.1 Å². The van der Waals surface area contributed by atoms with Gasteiger partial charge in [-0.15, -0.1) is 11.3 Å². The Morgan fingerprint density at radius 3 is 3.05 bits per heavy atom. The van der Waals surface area contributed by atoms with Gasteiger partial charge in [0.25, 0.3) is 0 Å². The Hall–Kier alpha value is -0.910. The molecule has 5 heteroatoms. The average molecular weight is 339 g/mol. The first-order chi connectivity index (χ1) is 9.26. The second-order valence-electron chi connectivity index (χ2n) is 4.63. The quantitative estimate of drug-likeness (QED) is 0.899. The van der Waals surface area contributed by atoms with Gasteiger partial charge in [0.05, 0.1) is 7.11 Å². The van der Waals surface area contributed by atoms with Crippen molar-refractivity contribution in [2.75, 3.05) is 7.11 Å². The number of halogens is 1. The van der Waals surface area contributed by atoms with E-state index in [0.717, 1.165) is 33.4 Å². The minimum atomic E-state index is 0.731. The van der Waals surface area contributed by atoms with E-state index in [1.807, 2.05) is 24.4 Å². The largest absolute Gasteiger partial charge is 0.497 e. The molecule has 1 heterocycles. The van der Waals surface area contributed by atoms with Crippen molar-refractivity contribution < 1.29 is 4.74 Å². The molecule has 0 atom stereocenters. The van der Waals surface area contributed by atoms with Crippen LogP contribution in [0.4, 0.5) is 0 Å². The number of methoxy groups -OCH3 is 1. The highest BCUT2D eigenvalue weighted by molar-refractivity contribution is 9.10. The van der Waals surface area contributed by atoms with E-state index in [1.54, 1.807) is 18.4 Å². The predicted octanol–water partition coefficient (Wildman–Crippen LogP) is 3.83. The van der Waals surface area contributed by atoms with Crippen LogP contribution in [0.3, 0.4) is 0 Å². The van der Waals surface area contributed by atoms with Gasteiger partial charge >= 0.3 is 0 Å². The van der Waals surface area contributed by atoms with Crippen molar-refractivity contribution in [2.24, 2.45) is 0 Å². The van der Waals surface area contributed by atoms with Crippen LogP contribution in [0, 0.1) is 0 Å². The van der Waals surface area contributed by atoms with Crippen molar-refractivity contribution in [1.82, 2.24) is 10.3 Å². The summed E-state index contributed by atoms with van der Waals surface area (Å²) in [6.45, 7) is 0.921. The standard InChI is InChI=1S/C14H15BrN2OS/c1-18-10-4-5-13(15)12(6-10)14-17-8-11(19-14)7-16-9-2-3-9/h4-6,8-9,16H,2-3,7H2,1H3. The van der Waals surface area contributed by atoms with Gasteiger partial charge in [0.1, 0.15) is 10.8 Å². The Bertz CT molecular complexity index is 581. The van der Waals surface area contributed by atoms with Gasteiger partial charge in [0.15, 0.2) is 0 Å². The summed E-state index contributed by atoms with van der Waals surface area (Å²) in [6.07, 6.45) is 4.58. The van der Waals surface area contributed by atoms with Crippen molar-refractivity contribution in [2.45, 2.75) is 25.4 Å². The molecule has 0 amide bonds. The van der Waals surface area contributed by atoms with Gasteiger partial charge in [0.2, 0.25) is 0 Å². The molecule has 0 aliphatic heterocycles. The summed E-state index contributed by atoms with van der Waals surface area (Å²) in [5, 5.41) is 4.54. The van der Waals surface area contributed by atoms with Gasteiger partial charge in [-0.1, -0.05) is 15.9 Å². The topological polar surface area (TPSA) is 34.1 Å². The molecule has 1 aliphatic carbocycles. The average Bonchev–Trinajstić information content (AvgIpc) is 3.15. The zero-order chi connectivity index (χ0) is 13.2. The molecule has 1 N–H and O–H groups in total. The van der Waals surface area contributed by atoms with Crippen LogP contribution in [-0.2, 0) is 6.54 Å². The van der Waals surface area contributed by atoms with Crippen LogP contribution in [0.5, 0.6) is 5.75 Å². The number of ether oxygens (including phenoxy) is 1. The number of nitrogens with one attached hydrogen (secondary N) is 1. The second-order valence-corrected chi connectivity index (χ2v) is 6.60. The molecular weight excluding hydrogens is 324 g/mol. The molecule has 1 aromatic carbocycles. The summed E-state index contributed by atoms with van der Waals surface area (Å²) in [5.74, 6) is 0.853. The maximum Gasteiger partial charge on any atom is 0.124 e. The summed E-state index contributed by atoms with van der Waals surface area (Å²) in [5.41, 5.74) is 1.09. The van der Waals surface area contributed by atoms with Crippen LogP contribution >= 0.6 is 27.3 Å². The summed E-state index contributed by atoms with van der Waals surface area (Å²) in [7, 11) is 1.68. The molecule has 0 radical (unpaired) electrons. The summed E-state index contributed by atoms with van der Waals surface area (Å²) >= 11 is 5.30. The lowest BCUT2D eigenvalue weighted by Gasteiger charge is -2.04. The monoisotopic (exact) mass is 338 g/mol. The lowest BCUT2D eigenvalue weighted by Crippen LogP contribution is -2.14. The van der Waals surface area contributed by atoms with Crippen LogP contribution in [0.2, 0.25) is 0 Å². The molecule has 1 aliphatic rings. The van der Waals surface area contributed by atoms with Gasteiger partial charge < -0.3 is 10.1 Å². The molecule has 3 rings (SSSR count). The zero-order valence-electron chi connectivity index (χ0n) is 10.6. The Labute approximate surface area is 125 Å². The van der Waals surface area contributed by atoms with Crippen LogP contribution in [0.1, 0.15) is 17.7 Å². The van der Waals surface area contributed by atoms with Crippen LogP contribution in [0.15, 0.2) is 28.9 Å². The maximum atomic E-state index is 5.27. The molecule has 0 spiro atoms. The van der Waals surface area contributed by atoms with Gasteiger partial charge in [0, 0.05) is 33.7 Å². The van der Waals surface area contributed by atoms with Crippen molar-refractivity contribution in [1.29, 1.82) is 0 Å². The van der Waals surface area contributed by atoms with Gasteiger partial charge in [-0.2, -0.15) is 0 Å². The summed E-state index contributed by atoms with van der Waals surface area (Å²) in [6, 6.07) is 6.68. The van der Waals surface area contributed by atoms with Crippen molar-refractivity contribution in [3.8, 4) is 16.3 Å². The number of nitrogens with zero attached hydrogens (tertiary/aromatic N) is 1. The normalized spacial score (nSPS) is 14.6. The third-order valence-electron chi connectivity index (χ3n) is 3.10. The highest BCUT2D eigenvalue weighted by atomic mass is 79.9. The molecule has 2 aromatic rings. The number of hydrogen-bond donors (Lipinski definition) is 1. The Kier molecular flexibility index (Phi) is 3.86. The molecular formula is C14H15BrN2OS. The molecule has 0 saturated heterocycles. The van der Waals surface area contributed by atoms with Gasteiger partial charge in [-0.25, -0.2) is 4.98 Å². The van der Waals surface area contributed by atoms with E-state index < -0.39 is 0 Å². The summed E-state index contributed by atoms with van der Waals surface area (Å²) in [4.78, 5) is 5.79. The number of hydrogen-bond acceptors (Lipinski definition) is 4. The molecule has 0 bridgehead atoms. The molecule has 1 fully saturated rings. The molecule has 0 unspecified atom stereocenters. The highest BCUT2D eigenvalue weighted by Crippen LogP contribution is 2.34. The lowest BCUT2D eigenvalue weighted by molar-refractivity contribution is 0.415. The second kappa shape index (κ2) is 5.61. The van der Waals surface area contributed by atoms with Crippen LogP contribution in [0.25, 0.3) is 10.6 Å². The first-order valence-corrected chi connectivity index (χ1v) is 7.89. The van der Waals surface area contributed by atoms with E-state index in [0.29, 0.717) is 0 Å². The fraction of sp³-hybridized carbons (Fsp3) is 0.357. The number of aromatic nitrogens is 1. The minimum absolute atomic E-state index is 0.731. The SMILES string of the molecule is COc1ccc(Br)c(-c2ncc(CNC3CC3)s2)c1. The minimum Gasteiger partial charge on any atom is -0.497 e. The molecule has 1 saturated carbocycles. The molecule has 19 heavy (non-hydrogen) atoms. The van der Waals surface area contributed by atoms with Crippen molar-refractivity contribution >= 4 is 27.3 Å². The molecule has 3 nitrogen and oxygen atoms in total. The fourth-order valence-electron chi connectivity index (χ4n) is 1.84. The number of benzene rings is 1. The first-order valence-electron chi connectivity index (χ1n) is 6.28. The van der Waals surface area contributed by atoms with Crippen molar-refractivity contribution in [3.05, 3.63) is 33.7 Å². The Morgan fingerprint density at radius 2 is 2.32 bits per heavy atom. The van der Waals surface area contributed by atoms with E-state index in [-0.39, 0.29) is 0 Å². The van der Waals surface area contributed by atoms with E-state index in [4.69, 9.17) is 4.74 Å². The maximum absolute atomic E-state index is 5.27. The molecule has 100 valence electrons. The first kappa shape index (κ1) is 13.1. The van der Waals surface area contributed by atoms with E-state index >= 15 is 0 Å². The highest BCUT2D eigenvalue weighted by Gasteiger charge is 2.20. The Morgan fingerprint density at radius 1 is 1.47 bits per heavy atom. The van der Waals surface area contributed by atoms with Gasteiger partial charge in [-0.05, 0) is 31.0 Å². The summed E-state index contributed by atoms with van der Waals surface area (Å²) < 4.78 is 6.31. The predicted molar refractivity (Wildman–Crippen MR) is 81.7 cm³/mol. The fourth-order valence-corrected chi connectivity index (χ4v) is 3.30.